The first-order chi connectivity index (χ1) is 9.74. The molecule has 3 heteroatoms. The maximum atomic E-state index is 11.6. The van der Waals surface area contributed by atoms with E-state index in [1.165, 1.54) is 5.56 Å². The van der Waals surface area contributed by atoms with Gasteiger partial charge in [0.15, 0.2) is 5.78 Å². The summed E-state index contributed by atoms with van der Waals surface area (Å²) in [5, 5.41) is 0. The largest absolute Gasteiger partial charge is 0.367 e. The highest BCUT2D eigenvalue weighted by Gasteiger charge is 2.07. The highest BCUT2D eigenvalue weighted by atomic mass is 16.1. The fourth-order valence-electron chi connectivity index (χ4n) is 2.16. The minimum atomic E-state index is 0.189. The van der Waals surface area contributed by atoms with Crippen LogP contribution in [0.4, 0.5) is 5.69 Å². The second-order valence-corrected chi connectivity index (χ2v) is 4.69. The minimum absolute atomic E-state index is 0.189. The van der Waals surface area contributed by atoms with Crippen LogP contribution in [0.5, 0.6) is 0 Å². The molecule has 0 atom stereocenters. The van der Waals surface area contributed by atoms with Crippen LogP contribution in [0.3, 0.4) is 0 Å². The van der Waals surface area contributed by atoms with Crippen LogP contribution in [0.2, 0.25) is 0 Å². The first kappa shape index (κ1) is 14.3. The van der Waals surface area contributed by atoms with Gasteiger partial charge in [0.25, 0.3) is 0 Å². The first-order valence-corrected chi connectivity index (χ1v) is 7.01. The first-order valence-electron chi connectivity index (χ1n) is 7.01. The van der Waals surface area contributed by atoms with E-state index in [1.807, 2.05) is 55.7 Å². The normalized spacial score (nSPS) is 10.3. The Hall–Kier alpha value is -2.16. The molecule has 0 saturated carbocycles. The molecule has 0 aliphatic heterocycles. The van der Waals surface area contributed by atoms with E-state index >= 15 is 0 Å². The van der Waals surface area contributed by atoms with Gasteiger partial charge in [-0.1, -0.05) is 6.92 Å². The van der Waals surface area contributed by atoms with Gasteiger partial charge in [-0.3, -0.25) is 9.78 Å². The molecule has 2 aromatic rings. The summed E-state index contributed by atoms with van der Waals surface area (Å²) < 4.78 is 0. The summed E-state index contributed by atoms with van der Waals surface area (Å²) in [5.74, 6) is 0.189. The molecule has 3 nitrogen and oxygen atoms in total. The molecule has 104 valence electrons. The van der Waals surface area contributed by atoms with E-state index in [9.17, 15) is 4.79 Å². The zero-order valence-electron chi connectivity index (χ0n) is 12.0. The highest BCUT2D eigenvalue weighted by molar-refractivity contribution is 5.96. The lowest BCUT2D eigenvalue weighted by Crippen LogP contribution is -2.21. The number of aromatic nitrogens is 1. The molecule has 0 fully saturated rings. The topological polar surface area (TPSA) is 33.2 Å². The third-order valence-corrected chi connectivity index (χ3v) is 3.38. The molecule has 0 aliphatic rings. The molecule has 0 bridgehead atoms. The lowest BCUT2D eigenvalue weighted by atomic mass is 10.1. The summed E-state index contributed by atoms with van der Waals surface area (Å²) in [6.45, 7) is 5.79. The van der Waals surface area contributed by atoms with Crippen LogP contribution < -0.4 is 4.90 Å². The van der Waals surface area contributed by atoms with Gasteiger partial charge in [-0.25, -0.2) is 0 Å². The fraction of sp³-hybridized carbons (Fsp3) is 0.294. The van der Waals surface area contributed by atoms with Crippen molar-refractivity contribution in [1.82, 2.24) is 4.98 Å². The molecule has 0 aliphatic carbocycles. The Kier molecular flexibility index (Phi) is 4.88. The van der Waals surface area contributed by atoms with Gasteiger partial charge in [0.2, 0.25) is 0 Å². The van der Waals surface area contributed by atoms with Gasteiger partial charge in [0.05, 0.1) is 0 Å². The van der Waals surface area contributed by atoms with Crippen molar-refractivity contribution in [3.63, 3.8) is 0 Å². The zero-order valence-corrected chi connectivity index (χ0v) is 12.0. The van der Waals surface area contributed by atoms with Crippen molar-refractivity contribution in [2.24, 2.45) is 0 Å². The number of rotatable bonds is 6. The number of hydrogen-bond acceptors (Lipinski definition) is 3. The van der Waals surface area contributed by atoms with Gasteiger partial charge in [-0.2, -0.15) is 0 Å². The van der Waals surface area contributed by atoms with E-state index in [0.29, 0.717) is 6.42 Å². The Labute approximate surface area is 120 Å². The molecule has 1 aromatic heterocycles. The number of carbonyl (C=O) groups excluding carboxylic acids is 1. The third-order valence-electron chi connectivity index (χ3n) is 3.38. The van der Waals surface area contributed by atoms with Crippen molar-refractivity contribution in [3.05, 3.63) is 59.9 Å². The van der Waals surface area contributed by atoms with Crippen LogP contribution in [0.25, 0.3) is 0 Å². The maximum Gasteiger partial charge on any atom is 0.162 e. The molecule has 0 saturated heterocycles. The van der Waals surface area contributed by atoms with E-state index in [2.05, 4.69) is 16.8 Å². The summed E-state index contributed by atoms with van der Waals surface area (Å²) in [6.07, 6.45) is 4.17. The molecule has 0 amide bonds. The predicted molar refractivity (Wildman–Crippen MR) is 82.0 cm³/mol. The van der Waals surface area contributed by atoms with Crippen LogP contribution in [-0.4, -0.2) is 17.3 Å². The average molecular weight is 268 g/mol. The van der Waals surface area contributed by atoms with Gasteiger partial charge in [0.1, 0.15) is 0 Å². The summed E-state index contributed by atoms with van der Waals surface area (Å²) in [7, 11) is 0. The van der Waals surface area contributed by atoms with E-state index in [1.54, 1.807) is 0 Å². The quantitative estimate of drug-likeness (QED) is 0.749. The monoisotopic (exact) mass is 268 g/mol. The second-order valence-electron chi connectivity index (χ2n) is 4.69. The van der Waals surface area contributed by atoms with Gasteiger partial charge >= 0.3 is 0 Å². The predicted octanol–water partition coefficient (Wildman–Crippen LogP) is 3.70. The van der Waals surface area contributed by atoms with Crippen LogP contribution in [0.15, 0.2) is 48.8 Å². The van der Waals surface area contributed by atoms with Gasteiger partial charge < -0.3 is 4.90 Å². The zero-order chi connectivity index (χ0) is 14.4. The molecular formula is C17H20N2O. The molecule has 1 heterocycles. The van der Waals surface area contributed by atoms with Crippen molar-refractivity contribution in [2.75, 3.05) is 11.4 Å². The standard InChI is InChI=1S/C17H20N2O/c1-3-17(20)15-5-7-16(8-6-15)19(4-2)13-14-9-11-18-12-10-14/h5-12H,3-4,13H2,1-2H3. The van der Waals surface area contributed by atoms with Crippen LogP contribution >= 0.6 is 0 Å². The SMILES string of the molecule is CCC(=O)c1ccc(N(CC)Cc2ccncc2)cc1. The fourth-order valence-corrected chi connectivity index (χ4v) is 2.16. The number of Topliss-reactive ketones (excluding diaryl/α,β-unsaturated/α-hetero) is 1. The number of hydrogen-bond donors (Lipinski definition) is 0. The van der Waals surface area contributed by atoms with Crippen LogP contribution in [0, 0.1) is 0 Å². The number of benzene rings is 1. The lowest BCUT2D eigenvalue weighted by molar-refractivity contribution is 0.0988. The van der Waals surface area contributed by atoms with Gasteiger partial charge in [-0.05, 0) is 48.9 Å². The van der Waals surface area contributed by atoms with Gasteiger partial charge in [0, 0.05) is 43.2 Å². The van der Waals surface area contributed by atoms with E-state index in [4.69, 9.17) is 0 Å². The van der Waals surface area contributed by atoms with Crippen molar-refractivity contribution in [2.45, 2.75) is 26.8 Å². The Balaban J connectivity index is 2.13. The number of anilines is 1. The van der Waals surface area contributed by atoms with Crippen molar-refractivity contribution in [3.8, 4) is 0 Å². The van der Waals surface area contributed by atoms with Gasteiger partial charge in [-0.15, -0.1) is 0 Å². The number of pyridine rings is 1. The summed E-state index contributed by atoms with van der Waals surface area (Å²) in [4.78, 5) is 17.9. The Bertz CT molecular complexity index is 549. The number of carbonyl (C=O) groups is 1. The Morgan fingerprint density at radius 1 is 1.05 bits per heavy atom. The van der Waals surface area contributed by atoms with Crippen LogP contribution in [-0.2, 0) is 6.54 Å². The summed E-state index contributed by atoms with van der Waals surface area (Å²) >= 11 is 0. The highest BCUT2D eigenvalue weighted by Crippen LogP contribution is 2.18. The second kappa shape index (κ2) is 6.85. The van der Waals surface area contributed by atoms with Crippen LogP contribution in [0.1, 0.15) is 36.2 Å². The molecule has 1 aromatic carbocycles. The van der Waals surface area contributed by atoms with E-state index in [-0.39, 0.29) is 5.78 Å². The molecule has 0 N–H and O–H groups in total. The molecular weight excluding hydrogens is 248 g/mol. The van der Waals surface area contributed by atoms with Crippen molar-refractivity contribution < 1.29 is 4.79 Å². The number of nitrogens with zero attached hydrogens (tertiary/aromatic N) is 2. The van der Waals surface area contributed by atoms with Crippen molar-refractivity contribution in [1.29, 1.82) is 0 Å². The molecule has 0 spiro atoms. The number of ketones is 1. The third kappa shape index (κ3) is 3.44. The lowest BCUT2D eigenvalue weighted by Gasteiger charge is -2.23. The summed E-state index contributed by atoms with van der Waals surface area (Å²) in [5.41, 5.74) is 3.16. The molecule has 20 heavy (non-hydrogen) atoms. The van der Waals surface area contributed by atoms with Crippen molar-refractivity contribution >= 4 is 11.5 Å². The molecule has 0 radical (unpaired) electrons. The van der Waals surface area contributed by atoms with E-state index in [0.717, 1.165) is 24.3 Å². The molecule has 0 unspecified atom stereocenters. The maximum absolute atomic E-state index is 11.6. The van der Waals surface area contributed by atoms with E-state index < -0.39 is 0 Å². The smallest absolute Gasteiger partial charge is 0.162 e. The Morgan fingerprint density at radius 2 is 1.70 bits per heavy atom. The Morgan fingerprint density at radius 3 is 2.25 bits per heavy atom. The molecule has 2 rings (SSSR count). The average Bonchev–Trinajstić information content (AvgIpc) is 2.53. The summed E-state index contributed by atoms with van der Waals surface area (Å²) in [6, 6.07) is 11.9. The minimum Gasteiger partial charge on any atom is -0.367 e.